The number of hydrogen-bond acceptors (Lipinski definition) is 7. The Morgan fingerprint density at radius 3 is 1.47 bits per heavy atom. The van der Waals surface area contributed by atoms with Gasteiger partial charge in [-0.15, -0.1) is 0 Å². The van der Waals surface area contributed by atoms with Crippen molar-refractivity contribution in [1.29, 1.82) is 0 Å². The normalized spacial score (nSPS) is 10.9. The highest BCUT2D eigenvalue weighted by Gasteiger charge is 1.93. The minimum absolute atomic E-state index is 0.318. The average Bonchev–Trinajstić information content (AvgIpc) is 2.35. The van der Waals surface area contributed by atoms with Crippen LogP contribution < -0.4 is 11.5 Å². The molecule has 0 atom stereocenters. The van der Waals surface area contributed by atoms with Crippen LogP contribution in [0.2, 0.25) is 0 Å². The quantitative estimate of drug-likeness (QED) is 0.246. The molecule has 0 spiro atoms. The first kappa shape index (κ1) is 16.7. The molecule has 0 heterocycles. The molecule has 0 aliphatic heterocycles. The van der Waals surface area contributed by atoms with E-state index in [-0.39, 0.29) is 0 Å². The molecule has 0 aromatic carbocycles. The van der Waals surface area contributed by atoms with Crippen LogP contribution in [0.25, 0.3) is 0 Å². The van der Waals surface area contributed by atoms with Crippen molar-refractivity contribution in [3.8, 4) is 0 Å². The van der Waals surface area contributed by atoms with E-state index >= 15 is 0 Å². The van der Waals surface area contributed by atoms with Crippen LogP contribution in [0.5, 0.6) is 0 Å². The zero-order chi connectivity index (χ0) is 12.6. The lowest BCUT2D eigenvalue weighted by Gasteiger charge is -2.05. The molecular weight excluding hydrogens is 228 g/mol. The molecule has 0 rings (SSSR count). The van der Waals surface area contributed by atoms with Gasteiger partial charge in [0.25, 0.3) is 0 Å². The molecule has 104 valence electrons. The monoisotopic (exact) mass is 252 g/mol. The smallest absolute Gasteiger partial charge is 0.109 e. The second-order valence-electron chi connectivity index (χ2n) is 3.22. The first-order valence-electron chi connectivity index (χ1n) is 5.88. The molecule has 0 radical (unpaired) electrons. The van der Waals surface area contributed by atoms with Crippen molar-refractivity contribution in [3.05, 3.63) is 0 Å². The van der Waals surface area contributed by atoms with Gasteiger partial charge in [0, 0.05) is 13.2 Å². The maximum absolute atomic E-state index is 5.29. The summed E-state index contributed by atoms with van der Waals surface area (Å²) in [5.41, 5.74) is 10.6. The highest BCUT2D eigenvalue weighted by Crippen LogP contribution is 1.86. The van der Waals surface area contributed by atoms with Crippen LogP contribution in [-0.2, 0) is 24.3 Å². The molecule has 0 saturated heterocycles. The fraction of sp³-hybridized carbons (Fsp3) is 1.00. The topological polar surface area (TPSA) is 98.2 Å². The minimum Gasteiger partial charge on any atom is -0.379 e. The van der Waals surface area contributed by atoms with Gasteiger partial charge in [0.1, 0.15) is 13.2 Å². The standard InChI is InChI=1S/C10H24N2O5/c11-3-1-5-13-7-9-15-17-16-10-8-14-6-2-4-12/h1-12H2. The third kappa shape index (κ3) is 15.7. The lowest BCUT2D eigenvalue weighted by atomic mass is 10.5. The van der Waals surface area contributed by atoms with E-state index < -0.39 is 0 Å². The SMILES string of the molecule is NCCCOCCOOOCCOCCCN. The van der Waals surface area contributed by atoms with Crippen LogP contribution in [0.4, 0.5) is 0 Å². The van der Waals surface area contributed by atoms with Crippen molar-refractivity contribution in [3.63, 3.8) is 0 Å². The van der Waals surface area contributed by atoms with Gasteiger partial charge in [-0.05, 0) is 25.9 Å². The molecule has 7 heteroatoms. The van der Waals surface area contributed by atoms with Crippen molar-refractivity contribution in [2.75, 3.05) is 52.7 Å². The first-order chi connectivity index (χ1) is 8.41. The van der Waals surface area contributed by atoms with Gasteiger partial charge in [-0.25, -0.2) is 9.78 Å². The average molecular weight is 252 g/mol. The molecule has 0 saturated carbocycles. The summed E-state index contributed by atoms with van der Waals surface area (Å²) >= 11 is 0. The second-order valence-corrected chi connectivity index (χ2v) is 3.22. The van der Waals surface area contributed by atoms with Crippen LogP contribution in [0.15, 0.2) is 0 Å². The Bertz CT molecular complexity index is 126. The Hall–Kier alpha value is -0.280. The van der Waals surface area contributed by atoms with Gasteiger partial charge in [-0.1, -0.05) is 5.04 Å². The molecule has 0 amide bonds. The van der Waals surface area contributed by atoms with Gasteiger partial charge in [0.2, 0.25) is 0 Å². The maximum Gasteiger partial charge on any atom is 0.109 e. The second kappa shape index (κ2) is 15.7. The summed E-state index contributed by atoms with van der Waals surface area (Å²) < 4.78 is 10.3. The third-order valence-electron chi connectivity index (χ3n) is 1.70. The zero-order valence-corrected chi connectivity index (χ0v) is 10.3. The minimum atomic E-state index is 0.318. The van der Waals surface area contributed by atoms with Crippen LogP contribution in [0.1, 0.15) is 12.8 Å². The third-order valence-corrected chi connectivity index (χ3v) is 1.70. The van der Waals surface area contributed by atoms with Gasteiger partial charge in [0.05, 0.1) is 13.2 Å². The lowest BCUT2D eigenvalue weighted by Crippen LogP contribution is -2.11. The van der Waals surface area contributed by atoms with Crippen LogP contribution in [-0.4, -0.2) is 52.7 Å². The van der Waals surface area contributed by atoms with E-state index in [0.29, 0.717) is 52.7 Å². The van der Waals surface area contributed by atoms with Crippen LogP contribution in [0.3, 0.4) is 0 Å². The van der Waals surface area contributed by atoms with Gasteiger partial charge in [-0.3, -0.25) is 0 Å². The van der Waals surface area contributed by atoms with Crippen molar-refractivity contribution in [2.45, 2.75) is 12.8 Å². The van der Waals surface area contributed by atoms with E-state index in [2.05, 4.69) is 14.8 Å². The van der Waals surface area contributed by atoms with Crippen LogP contribution >= 0.6 is 0 Å². The molecule has 4 N–H and O–H groups in total. The summed E-state index contributed by atoms with van der Waals surface area (Å²) in [4.78, 5) is 9.38. The Balaban J connectivity index is 2.85. The molecule has 0 aromatic heterocycles. The zero-order valence-electron chi connectivity index (χ0n) is 10.3. The molecular formula is C10H24N2O5. The Kier molecular flexibility index (Phi) is 15.5. The largest absolute Gasteiger partial charge is 0.379 e. The summed E-state index contributed by atoms with van der Waals surface area (Å²) in [5.74, 6) is 0. The summed E-state index contributed by atoms with van der Waals surface area (Å²) in [7, 11) is 0. The van der Waals surface area contributed by atoms with Crippen molar-refractivity contribution in [1.82, 2.24) is 0 Å². The van der Waals surface area contributed by atoms with Gasteiger partial charge in [-0.2, -0.15) is 0 Å². The summed E-state index contributed by atoms with van der Waals surface area (Å²) in [6.07, 6.45) is 1.69. The molecule has 17 heavy (non-hydrogen) atoms. The number of hydrogen-bond donors (Lipinski definition) is 2. The predicted octanol–water partition coefficient (Wildman–Crippen LogP) is -0.403. The fourth-order valence-electron chi connectivity index (χ4n) is 0.863. The molecule has 0 aromatic rings. The molecule has 7 nitrogen and oxygen atoms in total. The fourth-order valence-corrected chi connectivity index (χ4v) is 0.863. The Morgan fingerprint density at radius 1 is 0.588 bits per heavy atom. The van der Waals surface area contributed by atoms with Crippen molar-refractivity contribution >= 4 is 0 Å². The number of rotatable bonds is 14. The molecule has 0 bridgehead atoms. The molecule has 0 fully saturated rings. The highest BCUT2D eigenvalue weighted by molar-refractivity contribution is 4.35. The van der Waals surface area contributed by atoms with E-state index in [1.807, 2.05) is 0 Å². The Morgan fingerprint density at radius 2 is 1.06 bits per heavy atom. The maximum atomic E-state index is 5.29. The van der Waals surface area contributed by atoms with E-state index in [0.717, 1.165) is 12.8 Å². The summed E-state index contributed by atoms with van der Waals surface area (Å²) in [6, 6.07) is 0. The number of ether oxygens (including phenoxy) is 2. The van der Waals surface area contributed by atoms with Gasteiger partial charge < -0.3 is 20.9 Å². The van der Waals surface area contributed by atoms with Gasteiger partial charge in [0.15, 0.2) is 0 Å². The van der Waals surface area contributed by atoms with E-state index in [1.54, 1.807) is 0 Å². The number of nitrogens with two attached hydrogens (primary N) is 2. The van der Waals surface area contributed by atoms with E-state index in [1.165, 1.54) is 0 Å². The van der Waals surface area contributed by atoms with E-state index in [4.69, 9.17) is 20.9 Å². The van der Waals surface area contributed by atoms with Crippen molar-refractivity contribution < 1.29 is 24.3 Å². The lowest BCUT2D eigenvalue weighted by molar-refractivity contribution is -0.514. The van der Waals surface area contributed by atoms with E-state index in [9.17, 15) is 0 Å². The molecule has 0 unspecified atom stereocenters. The highest BCUT2D eigenvalue weighted by atomic mass is 17.5. The van der Waals surface area contributed by atoms with Gasteiger partial charge >= 0.3 is 0 Å². The summed E-state index contributed by atoms with van der Waals surface area (Å²) in [6.45, 7) is 4.07. The first-order valence-corrected chi connectivity index (χ1v) is 5.88. The van der Waals surface area contributed by atoms with Crippen LogP contribution in [0, 0.1) is 0 Å². The molecule has 0 aliphatic rings. The Labute approximate surface area is 102 Å². The predicted molar refractivity (Wildman–Crippen MR) is 62.0 cm³/mol. The summed E-state index contributed by atoms with van der Waals surface area (Å²) in [5, 5.41) is 4.44. The van der Waals surface area contributed by atoms with Crippen molar-refractivity contribution in [2.24, 2.45) is 11.5 Å². The molecule has 0 aliphatic carbocycles.